The van der Waals surface area contributed by atoms with Gasteiger partial charge in [-0.3, -0.25) is 4.79 Å². The standard InChI is InChI=1S/C23H23NOS2/c1-3-26-22-7-5-4-6-21(22)24-23(25)19-12-10-18(11-13-19)16-27-20-14-8-17(2)9-15-20/h4-15H,3,16H2,1-2H3,(H,24,25). The van der Waals surface area contributed by atoms with Crippen LogP contribution in [-0.2, 0) is 5.75 Å². The van der Waals surface area contributed by atoms with E-state index in [2.05, 4.69) is 43.4 Å². The van der Waals surface area contributed by atoms with Crippen LogP contribution < -0.4 is 5.32 Å². The summed E-state index contributed by atoms with van der Waals surface area (Å²) in [5.74, 6) is 1.79. The Morgan fingerprint density at radius 3 is 2.30 bits per heavy atom. The molecule has 0 bridgehead atoms. The molecule has 0 aliphatic carbocycles. The molecule has 0 aromatic heterocycles. The third-order valence-corrected chi connectivity index (χ3v) is 6.12. The normalized spacial score (nSPS) is 10.6. The van der Waals surface area contributed by atoms with Crippen LogP contribution in [0.4, 0.5) is 5.69 Å². The number of thioether (sulfide) groups is 2. The Morgan fingerprint density at radius 2 is 1.59 bits per heavy atom. The van der Waals surface area contributed by atoms with Gasteiger partial charge in [-0.2, -0.15) is 0 Å². The molecule has 3 aromatic carbocycles. The highest BCUT2D eigenvalue weighted by atomic mass is 32.2. The van der Waals surface area contributed by atoms with Gasteiger partial charge in [0.05, 0.1) is 5.69 Å². The van der Waals surface area contributed by atoms with Crippen molar-refractivity contribution in [1.82, 2.24) is 0 Å². The fraction of sp³-hybridized carbons (Fsp3) is 0.174. The molecule has 0 saturated heterocycles. The first-order valence-corrected chi connectivity index (χ1v) is 10.9. The molecule has 3 rings (SSSR count). The van der Waals surface area contributed by atoms with Crippen molar-refractivity contribution >= 4 is 35.1 Å². The summed E-state index contributed by atoms with van der Waals surface area (Å²) in [5, 5.41) is 3.03. The molecule has 0 unspecified atom stereocenters. The Kier molecular flexibility index (Phi) is 7.02. The lowest BCUT2D eigenvalue weighted by Crippen LogP contribution is -2.12. The summed E-state index contributed by atoms with van der Waals surface area (Å²) >= 11 is 3.53. The molecule has 0 aliphatic rings. The lowest BCUT2D eigenvalue weighted by Gasteiger charge is -2.10. The van der Waals surface area contributed by atoms with Gasteiger partial charge in [-0.25, -0.2) is 0 Å². The van der Waals surface area contributed by atoms with E-state index in [4.69, 9.17) is 0 Å². The van der Waals surface area contributed by atoms with Crippen LogP contribution in [0.3, 0.4) is 0 Å². The van der Waals surface area contributed by atoms with E-state index in [1.165, 1.54) is 16.0 Å². The molecular weight excluding hydrogens is 370 g/mol. The predicted molar refractivity (Wildman–Crippen MR) is 118 cm³/mol. The second kappa shape index (κ2) is 9.67. The number of nitrogens with one attached hydrogen (secondary N) is 1. The molecule has 27 heavy (non-hydrogen) atoms. The SMILES string of the molecule is CCSc1ccccc1NC(=O)c1ccc(CSc2ccc(C)cc2)cc1. The van der Waals surface area contributed by atoms with Crippen LogP contribution in [-0.4, -0.2) is 11.7 Å². The minimum absolute atomic E-state index is 0.0723. The van der Waals surface area contributed by atoms with Crippen molar-refractivity contribution < 1.29 is 4.79 Å². The van der Waals surface area contributed by atoms with Gasteiger partial charge in [0.25, 0.3) is 5.91 Å². The number of aryl methyl sites for hydroxylation is 1. The van der Waals surface area contributed by atoms with E-state index < -0.39 is 0 Å². The molecule has 4 heteroatoms. The van der Waals surface area contributed by atoms with Crippen LogP contribution in [0, 0.1) is 6.92 Å². The van der Waals surface area contributed by atoms with Crippen molar-refractivity contribution in [2.75, 3.05) is 11.1 Å². The van der Waals surface area contributed by atoms with E-state index in [1.807, 2.05) is 48.5 Å². The largest absolute Gasteiger partial charge is 0.321 e. The maximum absolute atomic E-state index is 12.6. The monoisotopic (exact) mass is 393 g/mol. The van der Waals surface area contributed by atoms with Crippen LogP contribution in [0.15, 0.2) is 82.6 Å². The number of hydrogen-bond acceptors (Lipinski definition) is 3. The molecule has 0 radical (unpaired) electrons. The Balaban J connectivity index is 1.61. The van der Waals surface area contributed by atoms with Gasteiger partial charge in [-0.15, -0.1) is 23.5 Å². The molecule has 0 atom stereocenters. The zero-order chi connectivity index (χ0) is 19.1. The number of para-hydroxylation sites is 1. The highest BCUT2D eigenvalue weighted by Crippen LogP contribution is 2.27. The van der Waals surface area contributed by atoms with Crippen molar-refractivity contribution in [1.29, 1.82) is 0 Å². The molecule has 138 valence electrons. The number of anilines is 1. The molecule has 3 aromatic rings. The van der Waals surface area contributed by atoms with Crippen molar-refractivity contribution in [3.8, 4) is 0 Å². The van der Waals surface area contributed by atoms with Gasteiger partial charge in [0, 0.05) is 21.1 Å². The first kappa shape index (κ1) is 19.6. The fourth-order valence-corrected chi connectivity index (χ4v) is 4.21. The summed E-state index contributed by atoms with van der Waals surface area (Å²) in [6, 6.07) is 24.3. The number of carbonyl (C=O) groups is 1. The molecule has 0 fully saturated rings. The van der Waals surface area contributed by atoms with Gasteiger partial charge in [0.15, 0.2) is 0 Å². The number of rotatable bonds is 7. The molecule has 0 aliphatic heterocycles. The Labute approximate surface area is 169 Å². The van der Waals surface area contributed by atoms with Gasteiger partial charge in [0.1, 0.15) is 0 Å². The van der Waals surface area contributed by atoms with E-state index in [-0.39, 0.29) is 5.91 Å². The summed E-state index contributed by atoms with van der Waals surface area (Å²) in [6.45, 7) is 4.20. The maximum atomic E-state index is 12.6. The van der Waals surface area contributed by atoms with E-state index >= 15 is 0 Å². The first-order chi connectivity index (χ1) is 13.2. The second-order valence-electron chi connectivity index (χ2n) is 6.18. The number of hydrogen-bond donors (Lipinski definition) is 1. The molecule has 0 heterocycles. The van der Waals surface area contributed by atoms with Crippen LogP contribution in [0.2, 0.25) is 0 Å². The second-order valence-corrected chi connectivity index (χ2v) is 8.54. The van der Waals surface area contributed by atoms with E-state index in [0.717, 1.165) is 22.1 Å². The average molecular weight is 394 g/mol. The Morgan fingerprint density at radius 1 is 0.889 bits per heavy atom. The zero-order valence-corrected chi connectivity index (χ0v) is 17.2. The zero-order valence-electron chi connectivity index (χ0n) is 15.6. The van der Waals surface area contributed by atoms with Gasteiger partial charge < -0.3 is 5.32 Å². The Bertz CT molecular complexity index is 889. The van der Waals surface area contributed by atoms with E-state index in [9.17, 15) is 4.79 Å². The van der Waals surface area contributed by atoms with Gasteiger partial charge in [-0.05, 0) is 54.6 Å². The fourth-order valence-electron chi connectivity index (χ4n) is 2.60. The predicted octanol–water partition coefficient (Wildman–Crippen LogP) is 6.65. The third-order valence-electron chi connectivity index (χ3n) is 4.08. The maximum Gasteiger partial charge on any atom is 0.255 e. The summed E-state index contributed by atoms with van der Waals surface area (Å²) in [4.78, 5) is 14.9. The van der Waals surface area contributed by atoms with Crippen molar-refractivity contribution in [3.05, 3.63) is 89.5 Å². The summed E-state index contributed by atoms with van der Waals surface area (Å²) in [7, 11) is 0. The van der Waals surface area contributed by atoms with Crippen molar-refractivity contribution in [2.24, 2.45) is 0 Å². The first-order valence-electron chi connectivity index (χ1n) is 8.97. The summed E-state index contributed by atoms with van der Waals surface area (Å²) in [5.41, 5.74) is 4.02. The third kappa shape index (κ3) is 5.65. The quantitative estimate of drug-likeness (QED) is 0.456. The molecule has 0 saturated carbocycles. The van der Waals surface area contributed by atoms with Gasteiger partial charge >= 0.3 is 0 Å². The minimum atomic E-state index is -0.0723. The van der Waals surface area contributed by atoms with Crippen LogP contribution in [0.25, 0.3) is 0 Å². The van der Waals surface area contributed by atoms with Gasteiger partial charge in [-0.1, -0.05) is 48.9 Å². The summed E-state index contributed by atoms with van der Waals surface area (Å²) < 4.78 is 0. The van der Waals surface area contributed by atoms with Crippen LogP contribution in [0.1, 0.15) is 28.4 Å². The molecular formula is C23H23NOS2. The minimum Gasteiger partial charge on any atom is -0.321 e. The smallest absolute Gasteiger partial charge is 0.255 e. The lowest BCUT2D eigenvalue weighted by atomic mass is 10.1. The van der Waals surface area contributed by atoms with Crippen molar-refractivity contribution in [2.45, 2.75) is 29.4 Å². The average Bonchev–Trinajstić information content (AvgIpc) is 2.69. The Hall–Kier alpha value is -2.17. The molecule has 0 spiro atoms. The van der Waals surface area contributed by atoms with Crippen LogP contribution in [0.5, 0.6) is 0 Å². The van der Waals surface area contributed by atoms with Gasteiger partial charge in [0.2, 0.25) is 0 Å². The van der Waals surface area contributed by atoms with Crippen molar-refractivity contribution in [3.63, 3.8) is 0 Å². The number of carbonyl (C=O) groups excluding carboxylic acids is 1. The summed E-state index contributed by atoms with van der Waals surface area (Å²) in [6.07, 6.45) is 0. The van der Waals surface area contributed by atoms with E-state index in [1.54, 1.807) is 23.5 Å². The highest BCUT2D eigenvalue weighted by Gasteiger charge is 2.09. The van der Waals surface area contributed by atoms with Crippen LogP contribution >= 0.6 is 23.5 Å². The lowest BCUT2D eigenvalue weighted by molar-refractivity contribution is 0.102. The van der Waals surface area contributed by atoms with E-state index in [0.29, 0.717) is 5.56 Å². The topological polar surface area (TPSA) is 29.1 Å². The molecule has 1 amide bonds. The molecule has 2 nitrogen and oxygen atoms in total. The highest BCUT2D eigenvalue weighted by molar-refractivity contribution is 7.99. The number of amides is 1. The number of benzene rings is 3. The molecule has 1 N–H and O–H groups in total.